The molecule has 7 nitrogen and oxygen atoms in total. The quantitative estimate of drug-likeness (QED) is 0.277. The van der Waals surface area contributed by atoms with E-state index in [1.54, 1.807) is 38.9 Å². The number of hydrogen-bond donors (Lipinski definition) is 0. The number of imidazole rings is 1. The van der Waals surface area contributed by atoms with Crippen molar-refractivity contribution in [3.63, 3.8) is 0 Å². The Bertz CT molecular complexity index is 1280. The lowest BCUT2D eigenvalue weighted by Gasteiger charge is -2.15. The van der Waals surface area contributed by atoms with Gasteiger partial charge in [0.25, 0.3) is 0 Å². The molecule has 0 N–H and O–H groups in total. The minimum Gasteiger partial charge on any atom is -0.493 e. The fourth-order valence-corrected chi connectivity index (χ4v) is 4.92. The van der Waals surface area contributed by atoms with Crippen LogP contribution in [0.15, 0.2) is 65.5 Å². The number of ether oxygens (including phenoxy) is 3. The summed E-state index contributed by atoms with van der Waals surface area (Å²) in [6.45, 7) is 6.07. The normalized spacial score (nSPS) is 11.8. The molecule has 0 aliphatic carbocycles. The SMILES string of the molecule is COc1cc(-c2csc(=Nc3ccc(C(C)C)cc3)n2CCCn2ccnc2)cc(OC)c1OC. The molecule has 2 aromatic carbocycles. The first-order valence-electron chi connectivity index (χ1n) is 11.6. The molecule has 0 spiro atoms. The van der Waals surface area contributed by atoms with Crippen LogP contribution in [-0.4, -0.2) is 35.4 Å². The van der Waals surface area contributed by atoms with E-state index in [0.717, 1.165) is 41.3 Å². The number of methoxy groups -OCH3 is 3. The standard InChI is InChI=1S/C27H32N4O3S/c1-19(2)20-7-9-22(10-8-20)29-27-31(13-6-12-30-14-11-28-18-30)23(17-35-27)21-15-24(32-3)26(34-5)25(16-21)33-4/h7-11,14-19H,6,12-13H2,1-5H3. The summed E-state index contributed by atoms with van der Waals surface area (Å²) in [5, 5.41) is 2.14. The first-order valence-corrected chi connectivity index (χ1v) is 12.5. The second-order valence-corrected chi connectivity index (χ2v) is 9.32. The lowest BCUT2D eigenvalue weighted by molar-refractivity contribution is 0.324. The van der Waals surface area contributed by atoms with Crippen molar-refractivity contribution in [3.8, 4) is 28.5 Å². The first kappa shape index (κ1) is 24.6. The number of rotatable bonds is 10. The summed E-state index contributed by atoms with van der Waals surface area (Å²) >= 11 is 1.63. The highest BCUT2D eigenvalue weighted by atomic mass is 32.1. The highest BCUT2D eigenvalue weighted by Gasteiger charge is 2.17. The van der Waals surface area contributed by atoms with E-state index >= 15 is 0 Å². The minimum absolute atomic E-state index is 0.491. The lowest BCUT2D eigenvalue weighted by Crippen LogP contribution is -2.17. The molecule has 4 rings (SSSR count). The Labute approximate surface area is 210 Å². The molecule has 0 aliphatic heterocycles. The van der Waals surface area contributed by atoms with E-state index in [9.17, 15) is 0 Å². The topological polar surface area (TPSA) is 62.8 Å². The van der Waals surface area contributed by atoms with Gasteiger partial charge >= 0.3 is 0 Å². The van der Waals surface area contributed by atoms with Crippen molar-refractivity contribution in [1.82, 2.24) is 14.1 Å². The second-order valence-electron chi connectivity index (χ2n) is 8.48. The molecule has 2 heterocycles. The highest BCUT2D eigenvalue weighted by molar-refractivity contribution is 7.07. The van der Waals surface area contributed by atoms with E-state index in [-0.39, 0.29) is 0 Å². The highest BCUT2D eigenvalue weighted by Crippen LogP contribution is 2.41. The molecule has 2 aromatic heterocycles. The van der Waals surface area contributed by atoms with E-state index in [2.05, 4.69) is 57.6 Å². The average molecular weight is 493 g/mol. The molecule has 0 amide bonds. The van der Waals surface area contributed by atoms with Crippen molar-refractivity contribution in [2.24, 2.45) is 4.99 Å². The maximum absolute atomic E-state index is 5.60. The van der Waals surface area contributed by atoms with E-state index in [1.807, 2.05) is 24.7 Å². The van der Waals surface area contributed by atoms with Crippen LogP contribution in [0.2, 0.25) is 0 Å². The molecule has 184 valence electrons. The van der Waals surface area contributed by atoms with Gasteiger partial charge < -0.3 is 23.3 Å². The van der Waals surface area contributed by atoms with Gasteiger partial charge in [-0.2, -0.15) is 0 Å². The van der Waals surface area contributed by atoms with Gasteiger partial charge in [0.15, 0.2) is 16.3 Å². The molecule has 4 aromatic rings. The lowest BCUT2D eigenvalue weighted by atomic mass is 10.0. The predicted molar refractivity (Wildman–Crippen MR) is 140 cm³/mol. The largest absolute Gasteiger partial charge is 0.493 e. The summed E-state index contributed by atoms with van der Waals surface area (Å²) in [5.74, 6) is 2.32. The Morgan fingerprint density at radius 1 is 0.971 bits per heavy atom. The van der Waals surface area contributed by atoms with E-state index < -0.39 is 0 Å². The summed E-state index contributed by atoms with van der Waals surface area (Å²) in [6, 6.07) is 12.4. The number of thiazole rings is 1. The average Bonchev–Trinajstić information content (AvgIpc) is 3.54. The number of aryl methyl sites for hydroxylation is 1. The molecule has 0 unspecified atom stereocenters. The Balaban J connectivity index is 1.76. The van der Waals surface area contributed by atoms with Crippen LogP contribution < -0.4 is 19.0 Å². The third kappa shape index (κ3) is 5.59. The van der Waals surface area contributed by atoms with Crippen molar-refractivity contribution in [2.45, 2.75) is 39.3 Å². The molecule has 0 atom stereocenters. The van der Waals surface area contributed by atoms with Crippen LogP contribution in [0.25, 0.3) is 11.3 Å². The smallest absolute Gasteiger partial charge is 0.203 e. The van der Waals surface area contributed by atoms with Gasteiger partial charge in [-0.15, -0.1) is 11.3 Å². The molecule has 0 bridgehead atoms. The number of nitrogens with zero attached hydrogens (tertiary/aromatic N) is 4. The first-order chi connectivity index (χ1) is 17.0. The zero-order chi connectivity index (χ0) is 24.8. The second kappa shape index (κ2) is 11.3. The zero-order valence-corrected chi connectivity index (χ0v) is 21.7. The van der Waals surface area contributed by atoms with Crippen LogP contribution in [0.1, 0.15) is 31.7 Å². The van der Waals surface area contributed by atoms with Gasteiger partial charge in [0.1, 0.15) is 0 Å². The molecule has 0 aliphatic rings. The molecule has 0 saturated heterocycles. The minimum atomic E-state index is 0.491. The number of hydrogen-bond acceptors (Lipinski definition) is 6. The van der Waals surface area contributed by atoms with Gasteiger partial charge in [-0.1, -0.05) is 26.0 Å². The summed E-state index contributed by atoms with van der Waals surface area (Å²) in [5.41, 5.74) is 4.28. The summed E-state index contributed by atoms with van der Waals surface area (Å²) in [7, 11) is 4.88. The fourth-order valence-electron chi connectivity index (χ4n) is 3.97. The van der Waals surface area contributed by atoms with Crippen LogP contribution in [0.5, 0.6) is 17.2 Å². The molecule has 0 radical (unpaired) electrons. The Hall–Kier alpha value is -3.52. The van der Waals surface area contributed by atoms with Gasteiger partial charge in [-0.05, 0) is 42.2 Å². The molecular formula is C27H32N4O3S. The third-order valence-electron chi connectivity index (χ3n) is 5.90. The van der Waals surface area contributed by atoms with Gasteiger partial charge in [0.05, 0.1) is 39.0 Å². The summed E-state index contributed by atoms with van der Waals surface area (Å²) in [4.78, 5) is 10.1. The predicted octanol–water partition coefficient (Wildman–Crippen LogP) is 5.89. The number of benzene rings is 2. The Morgan fingerprint density at radius 2 is 1.69 bits per heavy atom. The van der Waals surface area contributed by atoms with Crippen molar-refractivity contribution in [1.29, 1.82) is 0 Å². The van der Waals surface area contributed by atoms with Gasteiger partial charge in [0, 0.05) is 36.4 Å². The maximum Gasteiger partial charge on any atom is 0.203 e. The molecular weight excluding hydrogens is 460 g/mol. The van der Waals surface area contributed by atoms with Crippen LogP contribution in [0.3, 0.4) is 0 Å². The van der Waals surface area contributed by atoms with Crippen LogP contribution in [-0.2, 0) is 13.1 Å². The van der Waals surface area contributed by atoms with Crippen molar-refractivity contribution >= 4 is 17.0 Å². The van der Waals surface area contributed by atoms with Gasteiger partial charge in [0.2, 0.25) is 5.75 Å². The molecule has 0 saturated carbocycles. The molecule has 8 heteroatoms. The molecule has 35 heavy (non-hydrogen) atoms. The van der Waals surface area contributed by atoms with Crippen molar-refractivity contribution in [3.05, 3.63) is 70.9 Å². The monoisotopic (exact) mass is 492 g/mol. The Morgan fingerprint density at radius 3 is 2.26 bits per heavy atom. The van der Waals surface area contributed by atoms with Crippen molar-refractivity contribution in [2.75, 3.05) is 21.3 Å². The summed E-state index contributed by atoms with van der Waals surface area (Å²) in [6.07, 6.45) is 6.57. The Kier molecular flexibility index (Phi) is 7.92. The number of aromatic nitrogens is 3. The van der Waals surface area contributed by atoms with E-state index in [1.165, 1.54) is 5.56 Å². The fraction of sp³-hybridized carbons (Fsp3) is 0.333. The molecule has 0 fully saturated rings. The van der Waals surface area contributed by atoms with Crippen LogP contribution in [0.4, 0.5) is 5.69 Å². The third-order valence-corrected chi connectivity index (χ3v) is 6.76. The van der Waals surface area contributed by atoms with Crippen LogP contribution in [0, 0.1) is 0 Å². The van der Waals surface area contributed by atoms with Gasteiger partial charge in [-0.25, -0.2) is 9.98 Å². The van der Waals surface area contributed by atoms with Crippen LogP contribution >= 0.6 is 11.3 Å². The van der Waals surface area contributed by atoms with E-state index in [4.69, 9.17) is 19.2 Å². The zero-order valence-electron chi connectivity index (χ0n) is 20.9. The summed E-state index contributed by atoms with van der Waals surface area (Å²) < 4.78 is 21.1. The van der Waals surface area contributed by atoms with E-state index in [0.29, 0.717) is 23.2 Å². The van der Waals surface area contributed by atoms with Crippen molar-refractivity contribution < 1.29 is 14.2 Å². The van der Waals surface area contributed by atoms with Gasteiger partial charge in [-0.3, -0.25) is 0 Å². The maximum atomic E-state index is 5.60.